The minimum atomic E-state index is -1.98. The van der Waals surface area contributed by atoms with Crippen molar-refractivity contribution in [3.63, 3.8) is 0 Å². The molecule has 20 heavy (non-hydrogen) atoms. The van der Waals surface area contributed by atoms with Crippen LogP contribution in [0.4, 0.5) is 0 Å². The monoisotopic (exact) mass is 311 g/mol. The summed E-state index contributed by atoms with van der Waals surface area (Å²) >= 11 is 0. The Balaban J connectivity index is 2.45. The second-order valence-corrected chi connectivity index (χ2v) is 7.61. The molecule has 0 aliphatic rings. The molecule has 0 aromatic heterocycles. The molecule has 1 N–H and O–H groups in total. The number of benzene rings is 2. The third-order valence-electron chi connectivity index (χ3n) is 2.69. The molecular formula is C14H15O4S2-. The van der Waals surface area contributed by atoms with E-state index >= 15 is 0 Å². The highest BCUT2D eigenvalue weighted by Crippen LogP contribution is 2.23. The lowest BCUT2D eigenvalue weighted by Gasteiger charge is -2.16. The van der Waals surface area contributed by atoms with Gasteiger partial charge >= 0.3 is 0 Å². The minimum absolute atomic E-state index is 0.718. The van der Waals surface area contributed by atoms with E-state index in [4.69, 9.17) is 9.47 Å². The van der Waals surface area contributed by atoms with Gasteiger partial charge < -0.3 is 18.2 Å². The highest BCUT2D eigenvalue weighted by molar-refractivity contribution is 8.36. The SMILES string of the molecule is COc1ccc(S(c2ccc(OC)cc2)=[S-](=O)O)cc1. The molecule has 6 heteroatoms. The van der Waals surface area contributed by atoms with Gasteiger partial charge in [-0.15, -0.1) is 9.64 Å². The molecule has 2 aromatic rings. The van der Waals surface area contributed by atoms with Crippen molar-refractivity contribution in [2.75, 3.05) is 14.2 Å². The zero-order chi connectivity index (χ0) is 14.5. The van der Waals surface area contributed by atoms with Crippen LogP contribution < -0.4 is 9.47 Å². The summed E-state index contributed by atoms with van der Waals surface area (Å²) in [6, 6.07) is 14.4. The Hall–Kier alpha value is -1.50. The van der Waals surface area contributed by atoms with E-state index in [2.05, 4.69) is 0 Å². The molecule has 0 saturated carbocycles. The normalized spacial score (nSPS) is 10.8. The van der Waals surface area contributed by atoms with Crippen molar-refractivity contribution in [2.24, 2.45) is 0 Å². The first-order valence-electron chi connectivity index (χ1n) is 5.79. The maximum absolute atomic E-state index is 11.7. The Bertz CT molecular complexity index is 607. The van der Waals surface area contributed by atoms with Gasteiger partial charge in [-0.3, -0.25) is 0 Å². The number of hydrogen-bond acceptors (Lipinski definition) is 4. The number of ether oxygens (including phenoxy) is 2. The molecule has 0 unspecified atom stereocenters. The number of methoxy groups -OCH3 is 2. The zero-order valence-corrected chi connectivity index (χ0v) is 12.7. The Morgan fingerprint density at radius 3 is 1.45 bits per heavy atom. The van der Waals surface area contributed by atoms with Crippen molar-refractivity contribution in [2.45, 2.75) is 9.79 Å². The summed E-state index contributed by atoms with van der Waals surface area (Å²) in [4.78, 5) is 1.58. The third-order valence-corrected chi connectivity index (χ3v) is 6.39. The van der Waals surface area contributed by atoms with Crippen LogP contribution in [0.25, 0.3) is 0 Å². The summed E-state index contributed by atoms with van der Waals surface area (Å²) < 4.78 is 31.5. The average Bonchev–Trinajstić information content (AvgIpc) is 2.48. The van der Waals surface area contributed by atoms with Crippen LogP contribution in [0.1, 0.15) is 0 Å². The average molecular weight is 311 g/mol. The lowest BCUT2D eigenvalue weighted by Crippen LogP contribution is -1.97. The van der Waals surface area contributed by atoms with E-state index < -0.39 is 19.1 Å². The van der Waals surface area contributed by atoms with Gasteiger partial charge in [-0.2, -0.15) is 9.45 Å². The maximum Gasteiger partial charge on any atom is 0.118 e. The van der Waals surface area contributed by atoms with Crippen molar-refractivity contribution >= 4 is 19.1 Å². The van der Waals surface area contributed by atoms with Crippen molar-refractivity contribution in [3.8, 4) is 11.5 Å². The predicted molar refractivity (Wildman–Crippen MR) is 80.6 cm³/mol. The summed E-state index contributed by atoms with van der Waals surface area (Å²) in [5, 5.41) is 0. The first kappa shape index (κ1) is 14.9. The Labute approximate surface area is 121 Å². The fourth-order valence-corrected chi connectivity index (χ4v) is 4.72. The van der Waals surface area contributed by atoms with Crippen LogP contribution in [0.3, 0.4) is 0 Å². The van der Waals surface area contributed by atoms with Gasteiger partial charge in [0, 0.05) is 0 Å². The standard InChI is InChI=1S/C14H15O4S2/c1-17-11-3-7-13(8-4-11)19(20(15)16)14-9-5-12(18-2)6-10-14/h3-10H,1-2H3,(H,15,16)/q-1. The summed E-state index contributed by atoms with van der Waals surface area (Å²) in [7, 11) is 0.288. The topological polar surface area (TPSA) is 55.8 Å². The molecule has 0 fully saturated rings. The van der Waals surface area contributed by atoms with Gasteiger partial charge in [0.2, 0.25) is 0 Å². The molecule has 2 aromatic carbocycles. The highest BCUT2D eigenvalue weighted by Gasteiger charge is 2.01. The van der Waals surface area contributed by atoms with Crippen LogP contribution >= 0.6 is 0 Å². The summed E-state index contributed by atoms with van der Waals surface area (Å²) in [6.45, 7) is 0. The Morgan fingerprint density at radius 2 is 1.20 bits per heavy atom. The van der Waals surface area contributed by atoms with E-state index in [9.17, 15) is 8.76 Å². The van der Waals surface area contributed by atoms with Crippen LogP contribution in [-0.4, -0.2) is 18.8 Å². The van der Waals surface area contributed by atoms with Gasteiger partial charge in [-0.25, -0.2) is 0 Å². The molecule has 108 valence electrons. The van der Waals surface area contributed by atoms with Crippen LogP contribution in [0.2, 0.25) is 0 Å². The summed E-state index contributed by atoms with van der Waals surface area (Å²) in [5.41, 5.74) is 0. The smallest absolute Gasteiger partial charge is 0.118 e. The molecule has 0 aliphatic carbocycles. The van der Waals surface area contributed by atoms with Crippen LogP contribution in [0, 0.1) is 0 Å². The van der Waals surface area contributed by atoms with E-state index in [0.717, 1.165) is 21.3 Å². The fraction of sp³-hybridized carbons (Fsp3) is 0.143. The number of rotatable bonds is 4. The van der Waals surface area contributed by atoms with Crippen molar-refractivity contribution in [3.05, 3.63) is 48.5 Å². The molecule has 0 aliphatic heterocycles. The quantitative estimate of drug-likeness (QED) is 0.696. The maximum atomic E-state index is 11.7. The van der Waals surface area contributed by atoms with Gasteiger partial charge in [-0.05, 0) is 58.3 Å². The second-order valence-electron chi connectivity index (χ2n) is 3.84. The summed E-state index contributed by atoms with van der Waals surface area (Å²) in [6.07, 6.45) is 0. The fourth-order valence-electron chi connectivity index (χ4n) is 1.70. The third kappa shape index (κ3) is 3.33. The van der Waals surface area contributed by atoms with Crippen LogP contribution in [0.15, 0.2) is 58.3 Å². The zero-order valence-electron chi connectivity index (χ0n) is 11.1. The largest absolute Gasteiger partial charge is 0.497 e. The van der Waals surface area contributed by atoms with E-state index in [1.807, 2.05) is 0 Å². The van der Waals surface area contributed by atoms with Gasteiger partial charge in [0.05, 0.1) is 14.2 Å². The van der Waals surface area contributed by atoms with Gasteiger partial charge in [0.1, 0.15) is 11.5 Å². The first-order valence-corrected chi connectivity index (χ1v) is 8.64. The highest BCUT2D eigenvalue weighted by atomic mass is 32.9. The number of hydrogen-bond donors (Lipinski definition) is 1. The summed E-state index contributed by atoms with van der Waals surface area (Å²) in [5.74, 6) is 1.44. The van der Waals surface area contributed by atoms with E-state index in [0.29, 0.717) is 0 Å². The molecule has 0 spiro atoms. The molecule has 0 bridgehead atoms. The van der Waals surface area contributed by atoms with E-state index in [-0.39, 0.29) is 0 Å². The molecule has 0 heterocycles. The van der Waals surface area contributed by atoms with Gasteiger partial charge in [0.15, 0.2) is 0 Å². The lowest BCUT2D eigenvalue weighted by atomic mass is 10.3. The van der Waals surface area contributed by atoms with Crippen LogP contribution in [-0.2, 0) is 23.3 Å². The van der Waals surface area contributed by atoms with E-state index in [1.165, 1.54) is 0 Å². The van der Waals surface area contributed by atoms with Gasteiger partial charge in [-0.1, -0.05) is 0 Å². The second kappa shape index (κ2) is 6.78. The van der Waals surface area contributed by atoms with Crippen molar-refractivity contribution in [1.29, 1.82) is 0 Å². The molecule has 0 radical (unpaired) electrons. The van der Waals surface area contributed by atoms with Crippen LogP contribution in [0.5, 0.6) is 11.5 Å². The lowest BCUT2D eigenvalue weighted by molar-refractivity contribution is 0.414. The first-order chi connectivity index (χ1) is 9.65. The molecule has 2 rings (SSSR count). The molecule has 0 atom stereocenters. The molecule has 0 amide bonds. The Kier molecular flexibility index (Phi) is 5.05. The Morgan fingerprint density at radius 1 is 0.850 bits per heavy atom. The minimum Gasteiger partial charge on any atom is -0.497 e. The molecule has 0 saturated heterocycles. The van der Waals surface area contributed by atoms with Gasteiger partial charge in [0.25, 0.3) is 0 Å². The molecule has 4 nitrogen and oxygen atoms in total. The van der Waals surface area contributed by atoms with E-state index in [1.54, 1.807) is 62.8 Å². The van der Waals surface area contributed by atoms with Crippen molar-refractivity contribution < 1.29 is 18.2 Å². The molecular weight excluding hydrogens is 296 g/mol. The predicted octanol–water partition coefficient (Wildman–Crippen LogP) is 3.09. The van der Waals surface area contributed by atoms with Crippen molar-refractivity contribution in [1.82, 2.24) is 0 Å².